The van der Waals surface area contributed by atoms with Gasteiger partial charge in [0.05, 0.1) is 18.8 Å². The SMILES string of the molecule is COCC[C@@H](OC)[C@@H](O[C@@H]1C[C@H](O)[C@@H](OC)[C@H](OC)C=C(CO)O1)[C@@H](OC)[C@H](O)CO. The zero-order valence-corrected chi connectivity index (χ0v) is 18.9. The van der Waals surface area contributed by atoms with Crippen molar-refractivity contribution in [2.24, 2.45) is 0 Å². The molecule has 1 aliphatic rings. The van der Waals surface area contributed by atoms with E-state index in [1.54, 1.807) is 7.11 Å². The second-order valence-corrected chi connectivity index (χ2v) is 7.15. The second-order valence-electron chi connectivity index (χ2n) is 7.15. The molecule has 0 amide bonds. The highest BCUT2D eigenvalue weighted by Crippen LogP contribution is 2.26. The van der Waals surface area contributed by atoms with Crippen molar-refractivity contribution in [2.75, 3.05) is 55.4 Å². The van der Waals surface area contributed by atoms with Crippen molar-refractivity contribution >= 4 is 0 Å². The number of hydrogen-bond donors (Lipinski definition) is 4. The number of aliphatic hydroxyl groups excluding tert-OH is 4. The first-order chi connectivity index (χ1) is 14.9. The van der Waals surface area contributed by atoms with Crippen molar-refractivity contribution in [1.29, 1.82) is 0 Å². The molecule has 0 aliphatic carbocycles. The first-order valence-corrected chi connectivity index (χ1v) is 10.1. The molecule has 0 spiro atoms. The summed E-state index contributed by atoms with van der Waals surface area (Å²) in [7, 11) is 7.30. The van der Waals surface area contributed by atoms with Crippen molar-refractivity contribution < 1.29 is 53.6 Å². The Hall–Kier alpha value is -0.860. The summed E-state index contributed by atoms with van der Waals surface area (Å²) in [5, 5.41) is 40.1. The zero-order valence-electron chi connectivity index (χ0n) is 18.9. The lowest BCUT2D eigenvalue weighted by molar-refractivity contribution is -0.242. The van der Waals surface area contributed by atoms with Gasteiger partial charge in [-0.1, -0.05) is 0 Å². The Labute approximate surface area is 183 Å². The van der Waals surface area contributed by atoms with E-state index in [1.165, 1.54) is 34.5 Å². The lowest BCUT2D eigenvalue weighted by Crippen LogP contribution is -2.52. The zero-order chi connectivity index (χ0) is 23.4. The van der Waals surface area contributed by atoms with E-state index < -0.39 is 62.2 Å². The van der Waals surface area contributed by atoms with Gasteiger partial charge in [-0.25, -0.2) is 0 Å². The van der Waals surface area contributed by atoms with Crippen LogP contribution in [0.4, 0.5) is 0 Å². The first kappa shape index (κ1) is 28.2. The average molecular weight is 455 g/mol. The molecule has 0 bridgehead atoms. The number of ether oxygens (including phenoxy) is 7. The molecule has 4 N–H and O–H groups in total. The topological polar surface area (TPSA) is 146 Å². The normalized spacial score (nSPS) is 28.6. The molecule has 0 saturated carbocycles. The van der Waals surface area contributed by atoms with Crippen LogP contribution in [0.3, 0.4) is 0 Å². The van der Waals surface area contributed by atoms with Gasteiger partial charge in [0.1, 0.15) is 42.9 Å². The van der Waals surface area contributed by atoms with Crippen LogP contribution >= 0.6 is 0 Å². The van der Waals surface area contributed by atoms with Crippen LogP contribution in [0.25, 0.3) is 0 Å². The smallest absolute Gasteiger partial charge is 0.202 e. The lowest BCUT2D eigenvalue weighted by Gasteiger charge is -2.38. The standard InChI is InChI=1S/C20H38O11/c1-25-7-6-15(26-2)20(19(29-5)14(24)11-22)31-17-9-13(23)18(28-4)16(27-3)8-12(10-21)30-17/h8,13-24H,6-7,9-11H2,1-5H3/t13-,14+,15+,16+,17+,18+,19-,20+/m0/s1. The summed E-state index contributed by atoms with van der Waals surface area (Å²) in [5.74, 6) is 0.173. The van der Waals surface area contributed by atoms with Gasteiger partial charge in [0.25, 0.3) is 0 Å². The van der Waals surface area contributed by atoms with E-state index in [1.807, 2.05) is 0 Å². The summed E-state index contributed by atoms with van der Waals surface area (Å²) in [4.78, 5) is 0. The highest BCUT2D eigenvalue weighted by atomic mass is 16.7. The van der Waals surface area contributed by atoms with Crippen LogP contribution in [0, 0.1) is 0 Å². The first-order valence-electron chi connectivity index (χ1n) is 10.1. The van der Waals surface area contributed by atoms with E-state index >= 15 is 0 Å². The van der Waals surface area contributed by atoms with Crippen LogP contribution < -0.4 is 0 Å². The minimum absolute atomic E-state index is 0.0292. The largest absolute Gasteiger partial charge is 0.467 e. The van der Waals surface area contributed by atoms with Gasteiger partial charge in [-0.2, -0.15) is 0 Å². The fraction of sp³-hybridized carbons (Fsp3) is 0.900. The predicted molar refractivity (Wildman–Crippen MR) is 108 cm³/mol. The van der Waals surface area contributed by atoms with Gasteiger partial charge in [-0.05, 0) is 12.5 Å². The molecule has 0 fully saturated rings. The molecule has 8 atom stereocenters. The maximum Gasteiger partial charge on any atom is 0.202 e. The minimum Gasteiger partial charge on any atom is -0.467 e. The van der Waals surface area contributed by atoms with Crippen molar-refractivity contribution in [2.45, 2.75) is 61.9 Å². The van der Waals surface area contributed by atoms with Gasteiger partial charge >= 0.3 is 0 Å². The lowest BCUT2D eigenvalue weighted by atomic mass is 9.99. The van der Waals surface area contributed by atoms with Crippen LogP contribution in [-0.4, -0.2) is 125 Å². The molecule has 184 valence electrons. The van der Waals surface area contributed by atoms with E-state index in [2.05, 4.69) is 0 Å². The third-order valence-electron chi connectivity index (χ3n) is 5.22. The third kappa shape index (κ3) is 8.21. The Morgan fingerprint density at radius 3 is 2.26 bits per heavy atom. The molecule has 0 aromatic carbocycles. The van der Waals surface area contributed by atoms with Crippen molar-refractivity contribution in [3.63, 3.8) is 0 Å². The molecule has 0 radical (unpaired) electrons. The molecule has 0 unspecified atom stereocenters. The van der Waals surface area contributed by atoms with E-state index in [0.29, 0.717) is 13.0 Å². The molecule has 11 heteroatoms. The summed E-state index contributed by atoms with van der Waals surface area (Å²) in [6.45, 7) is -0.640. The molecule has 11 nitrogen and oxygen atoms in total. The van der Waals surface area contributed by atoms with E-state index in [4.69, 9.17) is 33.2 Å². The third-order valence-corrected chi connectivity index (χ3v) is 5.22. The van der Waals surface area contributed by atoms with Crippen molar-refractivity contribution in [1.82, 2.24) is 0 Å². The molecule has 1 heterocycles. The monoisotopic (exact) mass is 454 g/mol. The maximum atomic E-state index is 10.7. The number of hydrogen-bond acceptors (Lipinski definition) is 11. The second kappa shape index (κ2) is 15.1. The highest BCUT2D eigenvalue weighted by Gasteiger charge is 2.40. The summed E-state index contributed by atoms with van der Waals surface area (Å²) in [6.07, 6.45) is -5.28. The fourth-order valence-electron chi connectivity index (χ4n) is 3.57. The average Bonchev–Trinajstić information content (AvgIpc) is 2.77. The van der Waals surface area contributed by atoms with Gasteiger partial charge in [0, 0.05) is 48.6 Å². The Balaban J connectivity index is 3.22. The van der Waals surface area contributed by atoms with Gasteiger partial charge in [-0.15, -0.1) is 0 Å². The van der Waals surface area contributed by atoms with Crippen LogP contribution in [0.1, 0.15) is 12.8 Å². The predicted octanol–water partition coefficient (Wildman–Crippen LogP) is -1.20. The molecule has 31 heavy (non-hydrogen) atoms. The molecule has 1 aliphatic heterocycles. The highest BCUT2D eigenvalue weighted by molar-refractivity contribution is 5.04. The molecule has 1 rings (SSSR count). The summed E-state index contributed by atoms with van der Waals surface area (Å²) in [5.41, 5.74) is 0. The van der Waals surface area contributed by atoms with Gasteiger partial charge in [-0.3, -0.25) is 0 Å². The van der Waals surface area contributed by atoms with Crippen LogP contribution in [-0.2, 0) is 33.2 Å². The van der Waals surface area contributed by atoms with Gasteiger partial charge in [0.15, 0.2) is 0 Å². The van der Waals surface area contributed by atoms with Crippen molar-refractivity contribution in [3.8, 4) is 0 Å². The summed E-state index contributed by atoms with van der Waals surface area (Å²) in [6, 6.07) is 0. The molecule has 0 saturated heterocycles. The summed E-state index contributed by atoms with van der Waals surface area (Å²) < 4.78 is 38.7. The molecular formula is C20H38O11. The quantitative estimate of drug-likeness (QED) is 0.251. The molecule has 0 aromatic heterocycles. The number of methoxy groups -OCH3 is 5. The number of rotatable bonds is 14. The summed E-state index contributed by atoms with van der Waals surface area (Å²) >= 11 is 0. The Morgan fingerprint density at radius 2 is 1.77 bits per heavy atom. The van der Waals surface area contributed by atoms with Gasteiger partial charge < -0.3 is 53.6 Å². The van der Waals surface area contributed by atoms with Crippen molar-refractivity contribution in [3.05, 3.63) is 11.8 Å². The molecule has 0 aromatic rings. The number of aliphatic hydroxyl groups is 4. The maximum absolute atomic E-state index is 10.7. The Morgan fingerprint density at radius 1 is 1.06 bits per heavy atom. The van der Waals surface area contributed by atoms with E-state index in [9.17, 15) is 20.4 Å². The van der Waals surface area contributed by atoms with Gasteiger partial charge in [0.2, 0.25) is 6.29 Å². The Bertz CT molecular complexity index is 504. The van der Waals surface area contributed by atoms with Crippen LogP contribution in [0.2, 0.25) is 0 Å². The van der Waals surface area contributed by atoms with E-state index in [0.717, 1.165) is 0 Å². The van der Waals surface area contributed by atoms with Crippen LogP contribution in [0.15, 0.2) is 11.8 Å². The molecular weight excluding hydrogens is 416 g/mol. The van der Waals surface area contributed by atoms with Crippen LogP contribution in [0.5, 0.6) is 0 Å². The fourth-order valence-corrected chi connectivity index (χ4v) is 3.57. The Kier molecular flexibility index (Phi) is 13.7. The van der Waals surface area contributed by atoms with E-state index in [-0.39, 0.29) is 12.2 Å². The minimum atomic E-state index is -1.26.